The van der Waals surface area contributed by atoms with E-state index in [-0.39, 0.29) is 6.10 Å². The van der Waals surface area contributed by atoms with Gasteiger partial charge in [-0.15, -0.1) is 4.80 Å². The maximum Gasteiger partial charge on any atom is 0.323 e. The van der Waals surface area contributed by atoms with Crippen molar-refractivity contribution in [1.82, 2.24) is 19.6 Å². The van der Waals surface area contributed by atoms with Gasteiger partial charge in [0.05, 0.1) is 37.1 Å². The third kappa shape index (κ3) is 5.01. The van der Waals surface area contributed by atoms with Crippen LogP contribution in [0.5, 0.6) is 5.75 Å². The van der Waals surface area contributed by atoms with Crippen LogP contribution in [-0.4, -0.2) is 43.9 Å². The van der Waals surface area contributed by atoms with E-state index in [1.807, 2.05) is 24.3 Å². The summed E-state index contributed by atoms with van der Waals surface area (Å²) in [7, 11) is 1.63. The Hall–Kier alpha value is -3.92. The highest BCUT2D eigenvalue weighted by molar-refractivity contribution is 5.86. The fourth-order valence-electron chi connectivity index (χ4n) is 5.15. The number of furan rings is 1. The largest absolute Gasteiger partial charge is 0.496 e. The summed E-state index contributed by atoms with van der Waals surface area (Å²) < 4.78 is 19.7. The first-order valence-electron chi connectivity index (χ1n) is 12.5. The Bertz CT molecular complexity index is 1450. The highest BCUT2D eigenvalue weighted by Gasteiger charge is 2.27. The quantitative estimate of drug-likeness (QED) is 0.358. The van der Waals surface area contributed by atoms with E-state index in [1.165, 1.54) is 28.2 Å². The first-order valence-corrected chi connectivity index (χ1v) is 12.5. The van der Waals surface area contributed by atoms with Crippen molar-refractivity contribution < 1.29 is 23.8 Å². The van der Waals surface area contributed by atoms with E-state index in [0.29, 0.717) is 40.2 Å². The number of fused-ring (bicyclic) bond motifs is 1. The number of carbonyl (C=O) groups is 1. The molecule has 37 heavy (non-hydrogen) atoms. The minimum Gasteiger partial charge on any atom is -0.496 e. The summed E-state index contributed by atoms with van der Waals surface area (Å²) >= 11 is 0. The molecular weight excluding hydrogens is 476 g/mol. The van der Waals surface area contributed by atoms with Gasteiger partial charge >= 0.3 is 5.97 Å². The number of pyridine rings is 1. The SMILES string of the molecule is COc1ccccc1[C@H](Cc1cn(CC(=O)O)c(=O)c2c(C)c(-n3nccn3)oc12)OC1CCCCC1. The lowest BCUT2D eigenvalue weighted by Gasteiger charge is -2.29. The monoisotopic (exact) mass is 506 g/mol. The molecule has 1 N–H and O–H groups in total. The average molecular weight is 507 g/mol. The molecule has 0 saturated heterocycles. The van der Waals surface area contributed by atoms with Gasteiger partial charge in [-0.3, -0.25) is 9.59 Å². The van der Waals surface area contributed by atoms with Gasteiger partial charge in [-0.05, 0) is 25.8 Å². The second-order valence-corrected chi connectivity index (χ2v) is 9.37. The second kappa shape index (κ2) is 10.6. The van der Waals surface area contributed by atoms with Crippen molar-refractivity contribution in [1.29, 1.82) is 0 Å². The zero-order valence-corrected chi connectivity index (χ0v) is 20.9. The van der Waals surface area contributed by atoms with Crippen LogP contribution in [0.1, 0.15) is 54.9 Å². The highest BCUT2D eigenvalue weighted by atomic mass is 16.5. The number of ether oxygens (including phenoxy) is 2. The molecule has 194 valence electrons. The molecule has 0 aliphatic heterocycles. The lowest BCUT2D eigenvalue weighted by Crippen LogP contribution is -2.26. The molecule has 10 heteroatoms. The first-order chi connectivity index (χ1) is 18.0. The fraction of sp³-hybridized carbons (Fsp3) is 0.407. The molecule has 1 fully saturated rings. The Kier molecular flexibility index (Phi) is 7.09. The minimum absolute atomic E-state index is 0.103. The summed E-state index contributed by atoms with van der Waals surface area (Å²) in [5.41, 5.74) is 2.02. The zero-order valence-electron chi connectivity index (χ0n) is 20.9. The van der Waals surface area contributed by atoms with Crippen molar-refractivity contribution in [3.05, 3.63) is 69.9 Å². The maximum atomic E-state index is 13.3. The normalized spacial score (nSPS) is 15.2. The van der Waals surface area contributed by atoms with Crippen LogP contribution >= 0.6 is 0 Å². The van der Waals surface area contributed by atoms with Crippen molar-refractivity contribution in [2.75, 3.05) is 7.11 Å². The lowest BCUT2D eigenvalue weighted by molar-refractivity contribution is -0.137. The summed E-state index contributed by atoms with van der Waals surface area (Å²) in [6, 6.07) is 7.72. The van der Waals surface area contributed by atoms with Gasteiger partial charge in [-0.2, -0.15) is 10.2 Å². The summed E-state index contributed by atoms with van der Waals surface area (Å²) in [6.07, 6.45) is 10.1. The number of methoxy groups -OCH3 is 1. The zero-order chi connectivity index (χ0) is 25.9. The number of carboxylic acids is 1. The van der Waals surface area contributed by atoms with E-state index < -0.39 is 24.2 Å². The number of benzene rings is 1. The smallest absolute Gasteiger partial charge is 0.323 e. The van der Waals surface area contributed by atoms with Gasteiger partial charge < -0.3 is 23.6 Å². The van der Waals surface area contributed by atoms with Crippen molar-refractivity contribution in [2.24, 2.45) is 0 Å². The van der Waals surface area contributed by atoms with Crippen LogP contribution in [0.4, 0.5) is 0 Å². The molecule has 1 aromatic carbocycles. The second-order valence-electron chi connectivity index (χ2n) is 9.37. The van der Waals surface area contributed by atoms with E-state index in [9.17, 15) is 14.7 Å². The predicted molar refractivity (Wildman–Crippen MR) is 135 cm³/mol. The first kappa shape index (κ1) is 24.8. The highest BCUT2D eigenvalue weighted by Crippen LogP contribution is 2.36. The number of rotatable bonds is 9. The van der Waals surface area contributed by atoms with Gasteiger partial charge in [0.2, 0.25) is 5.88 Å². The molecule has 3 heterocycles. The number of nitrogens with zero attached hydrogens (tertiary/aromatic N) is 4. The standard InChI is InChI=1S/C27H30N4O6/c1-17-24-25(37-27(17)31-28-12-13-29-31)18(15-30(26(24)34)16-23(32)33)14-22(36-19-8-4-3-5-9-19)20-10-6-7-11-21(20)35-2/h6-7,10-13,15,19,22H,3-5,8-9,14,16H2,1-2H3,(H,32,33)/t22-/m0/s1. The van der Waals surface area contributed by atoms with E-state index in [4.69, 9.17) is 13.9 Å². The molecule has 1 aliphatic carbocycles. The van der Waals surface area contributed by atoms with Gasteiger partial charge in [0.25, 0.3) is 5.56 Å². The Balaban J connectivity index is 1.65. The lowest BCUT2D eigenvalue weighted by atomic mass is 9.95. The van der Waals surface area contributed by atoms with Crippen LogP contribution in [0, 0.1) is 6.92 Å². The molecule has 4 aromatic rings. The molecule has 1 saturated carbocycles. The summed E-state index contributed by atoms with van der Waals surface area (Å²) in [4.78, 5) is 26.2. The number of carboxylic acid groups (broad SMARTS) is 1. The molecule has 1 atom stereocenters. The number of hydrogen-bond acceptors (Lipinski definition) is 7. The Labute approximate surface area is 213 Å². The van der Waals surface area contributed by atoms with Crippen LogP contribution in [0.15, 0.2) is 52.1 Å². The van der Waals surface area contributed by atoms with Crippen LogP contribution < -0.4 is 10.3 Å². The Morgan fingerprint density at radius 2 is 1.92 bits per heavy atom. The van der Waals surface area contributed by atoms with Gasteiger partial charge in [-0.25, -0.2) is 0 Å². The topological polar surface area (TPSA) is 122 Å². The van der Waals surface area contributed by atoms with E-state index in [2.05, 4.69) is 10.2 Å². The predicted octanol–water partition coefficient (Wildman–Crippen LogP) is 4.21. The molecule has 0 bridgehead atoms. The van der Waals surface area contributed by atoms with Crippen molar-refractivity contribution >= 4 is 16.9 Å². The number of para-hydroxylation sites is 1. The maximum absolute atomic E-state index is 13.3. The molecule has 0 unspecified atom stereocenters. The van der Waals surface area contributed by atoms with Crippen LogP contribution in [0.25, 0.3) is 16.9 Å². The summed E-state index contributed by atoms with van der Waals surface area (Å²) in [6.45, 7) is 1.28. The molecule has 0 spiro atoms. The van der Waals surface area contributed by atoms with Crippen LogP contribution in [-0.2, 0) is 22.5 Å². The molecule has 3 aromatic heterocycles. The number of aryl methyl sites for hydroxylation is 1. The third-order valence-electron chi connectivity index (χ3n) is 6.91. The number of aliphatic carboxylic acids is 1. The molecular formula is C27H30N4O6. The number of hydrogen-bond donors (Lipinski definition) is 1. The van der Waals surface area contributed by atoms with Crippen molar-refractivity contribution in [3.8, 4) is 11.6 Å². The van der Waals surface area contributed by atoms with E-state index >= 15 is 0 Å². The summed E-state index contributed by atoms with van der Waals surface area (Å²) in [5, 5.41) is 18.1. The molecule has 0 radical (unpaired) electrons. The fourth-order valence-corrected chi connectivity index (χ4v) is 5.15. The number of aromatic nitrogens is 4. The molecule has 1 aliphatic rings. The van der Waals surface area contributed by atoms with Crippen LogP contribution in [0.3, 0.4) is 0 Å². The molecule has 0 amide bonds. The summed E-state index contributed by atoms with van der Waals surface area (Å²) in [5.74, 6) is -0.0915. The average Bonchev–Trinajstić information content (AvgIpc) is 3.55. The third-order valence-corrected chi connectivity index (χ3v) is 6.91. The Morgan fingerprint density at radius 1 is 1.19 bits per heavy atom. The Morgan fingerprint density at radius 3 is 2.62 bits per heavy atom. The van der Waals surface area contributed by atoms with Gasteiger partial charge in [-0.1, -0.05) is 37.5 Å². The van der Waals surface area contributed by atoms with Gasteiger partial charge in [0.1, 0.15) is 17.9 Å². The van der Waals surface area contributed by atoms with Crippen molar-refractivity contribution in [2.45, 2.75) is 64.2 Å². The van der Waals surface area contributed by atoms with Crippen molar-refractivity contribution in [3.63, 3.8) is 0 Å². The van der Waals surface area contributed by atoms with Crippen LogP contribution in [0.2, 0.25) is 0 Å². The molecule has 10 nitrogen and oxygen atoms in total. The van der Waals surface area contributed by atoms with E-state index in [1.54, 1.807) is 20.2 Å². The minimum atomic E-state index is -1.11. The van der Waals surface area contributed by atoms with Gasteiger partial charge in [0, 0.05) is 29.3 Å². The van der Waals surface area contributed by atoms with E-state index in [0.717, 1.165) is 31.2 Å². The van der Waals surface area contributed by atoms with Gasteiger partial charge in [0.15, 0.2) is 0 Å². The molecule has 5 rings (SSSR count).